The fourth-order valence-corrected chi connectivity index (χ4v) is 3.39. The summed E-state index contributed by atoms with van der Waals surface area (Å²) in [5, 5.41) is 21.1. The number of benzene rings is 1. The highest BCUT2D eigenvalue weighted by molar-refractivity contribution is 5.27. The second-order valence-corrected chi connectivity index (χ2v) is 6.72. The highest BCUT2D eigenvalue weighted by atomic mass is 16.3. The molecule has 0 amide bonds. The van der Waals surface area contributed by atoms with Gasteiger partial charge in [0.2, 0.25) is 0 Å². The zero-order valence-electron chi connectivity index (χ0n) is 13.6. The summed E-state index contributed by atoms with van der Waals surface area (Å²) in [4.78, 5) is 0. The fourth-order valence-electron chi connectivity index (χ4n) is 3.39. The molecule has 21 heavy (non-hydrogen) atoms. The van der Waals surface area contributed by atoms with Crippen molar-refractivity contribution in [2.75, 3.05) is 0 Å². The molecule has 0 spiro atoms. The van der Waals surface area contributed by atoms with E-state index in [4.69, 9.17) is 0 Å². The van der Waals surface area contributed by atoms with Gasteiger partial charge in [-0.05, 0) is 49.7 Å². The molecule has 1 aliphatic rings. The maximum atomic E-state index is 10.7. The van der Waals surface area contributed by atoms with Gasteiger partial charge in [0, 0.05) is 0 Å². The van der Waals surface area contributed by atoms with Crippen molar-refractivity contribution < 1.29 is 10.2 Å². The molecule has 1 aromatic rings. The second-order valence-electron chi connectivity index (χ2n) is 6.72. The van der Waals surface area contributed by atoms with E-state index in [1.807, 2.05) is 13.8 Å². The van der Waals surface area contributed by atoms with Gasteiger partial charge in [0.25, 0.3) is 0 Å². The molecule has 0 radical (unpaired) electrons. The third kappa shape index (κ3) is 4.08. The fraction of sp³-hybridized carbons (Fsp3) is 0.684. The number of rotatable bonds is 6. The van der Waals surface area contributed by atoms with Gasteiger partial charge < -0.3 is 10.2 Å². The Balaban J connectivity index is 1.99. The minimum absolute atomic E-state index is 0.528. The van der Waals surface area contributed by atoms with Crippen molar-refractivity contribution in [1.82, 2.24) is 0 Å². The van der Waals surface area contributed by atoms with Crippen molar-refractivity contribution >= 4 is 0 Å². The van der Waals surface area contributed by atoms with Crippen molar-refractivity contribution in [3.8, 4) is 0 Å². The molecule has 0 aliphatic heterocycles. The summed E-state index contributed by atoms with van der Waals surface area (Å²) < 4.78 is 0. The summed E-state index contributed by atoms with van der Waals surface area (Å²) in [6, 6.07) is 8.40. The molecule has 0 unspecified atom stereocenters. The van der Waals surface area contributed by atoms with E-state index >= 15 is 0 Å². The molecule has 0 atom stereocenters. The van der Waals surface area contributed by atoms with Crippen LogP contribution in [-0.4, -0.2) is 15.8 Å². The van der Waals surface area contributed by atoms with Crippen molar-refractivity contribution in [2.24, 2.45) is 0 Å². The molecule has 0 aromatic heterocycles. The number of aryl methyl sites for hydroxylation is 1. The Morgan fingerprint density at radius 2 is 1.57 bits per heavy atom. The van der Waals surface area contributed by atoms with Crippen LogP contribution in [0.5, 0.6) is 0 Å². The van der Waals surface area contributed by atoms with Gasteiger partial charge >= 0.3 is 0 Å². The maximum Gasteiger partial charge on any atom is 0.0896 e. The van der Waals surface area contributed by atoms with E-state index in [1.54, 1.807) is 0 Å². The van der Waals surface area contributed by atoms with E-state index < -0.39 is 11.2 Å². The van der Waals surface area contributed by atoms with Crippen molar-refractivity contribution in [1.29, 1.82) is 0 Å². The van der Waals surface area contributed by atoms with Crippen LogP contribution < -0.4 is 0 Å². The average molecular weight is 290 g/mol. The van der Waals surface area contributed by atoms with Gasteiger partial charge in [0.05, 0.1) is 11.2 Å². The first-order chi connectivity index (χ1) is 10.0. The molecule has 118 valence electrons. The monoisotopic (exact) mass is 290 g/mol. The van der Waals surface area contributed by atoms with Crippen LogP contribution in [0.15, 0.2) is 24.3 Å². The Morgan fingerprint density at radius 3 is 2.10 bits per heavy atom. The van der Waals surface area contributed by atoms with E-state index in [0.717, 1.165) is 56.9 Å². The maximum absolute atomic E-state index is 10.7. The van der Waals surface area contributed by atoms with Gasteiger partial charge in [0.1, 0.15) is 0 Å². The predicted octanol–water partition coefficient (Wildman–Crippen LogP) is 4.32. The smallest absolute Gasteiger partial charge is 0.0896 e. The van der Waals surface area contributed by atoms with Crippen LogP contribution in [0.1, 0.15) is 76.3 Å². The van der Waals surface area contributed by atoms with E-state index in [9.17, 15) is 10.2 Å². The standard InChI is InChI=1S/C19H30O2/c1-3-18(20,4-2)15-12-16-8-10-17(11-9-16)19(21)13-6-5-7-14-19/h8-11,20-21H,3-7,12-15H2,1-2H3. The molecular weight excluding hydrogens is 260 g/mol. The Labute approximate surface area is 129 Å². The van der Waals surface area contributed by atoms with Gasteiger partial charge in [-0.1, -0.05) is 57.4 Å². The molecule has 1 saturated carbocycles. The quantitative estimate of drug-likeness (QED) is 0.819. The van der Waals surface area contributed by atoms with Crippen LogP contribution in [0.3, 0.4) is 0 Å². The Bertz CT molecular complexity index is 425. The summed E-state index contributed by atoms with van der Waals surface area (Å²) in [5.41, 5.74) is 1.18. The molecule has 2 nitrogen and oxygen atoms in total. The molecule has 1 aromatic carbocycles. The molecule has 2 rings (SSSR count). The first-order valence-electron chi connectivity index (χ1n) is 8.55. The number of hydrogen-bond acceptors (Lipinski definition) is 2. The van der Waals surface area contributed by atoms with Crippen LogP contribution in [0.4, 0.5) is 0 Å². The minimum atomic E-state index is -0.607. The minimum Gasteiger partial charge on any atom is -0.390 e. The second kappa shape index (κ2) is 6.93. The van der Waals surface area contributed by atoms with Gasteiger partial charge in [-0.25, -0.2) is 0 Å². The number of hydrogen-bond donors (Lipinski definition) is 2. The van der Waals surface area contributed by atoms with E-state index in [0.29, 0.717) is 0 Å². The van der Waals surface area contributed by atoms with Gasteiger partial charge in [-0.2, -0.15) is 0 Å². The highest BCUT2D eigenvalue weighted by Crippen LogP contribution is 2.37. The third-order valence-electron chi connectivity index (χ3n) is 5.37. The molecule has 1 fully saturated rings. The first-order valence-corrected chi connectivity index (χ1v) is 8.55. The average Bonchev–Trinajstić information content (AvgIpc) is 2.54. The molecule has 2 N–H and O–H groups in total. The zero-order chi connectivity index (χ0) is 15.3. The lowest BCUT2D eigenvalue weighted by Crippen LogP contribution is -2.28. The summed E-state index contributed by atoms with van der Waals surface area (Å²) in [6.45, 7) is 4.09. The topological polar surface area (TPSA) is 40.5 Å². The zero-order valence-corrected chi connectivity index (χ0v) is 13.6. The van der Waals surface area contributed by atoms with Crippen LogP contribution in [0.2, 0.25) is 0 Å². The van der Waals surface area contributed by atoms with E-state index in [2.05, 4.69) is 24.3 Å². The van der Waals surface area contributed by atoms with E-state index in [1.165, 1.54) is 12.0 Å². The van der Waals surface area contributed by atoms with Crippen LogP contribution in [0.25, 0.3) is 0 Å². The lowest BCUT2D eigenvalue weighted by atomic mass is 9.79. The van der Waals surface area contributed by atoms with Crippen molar-refractivity contribution in [3.05, 3.63) is 35.4 Å². The summed E-state index contributed by atoms with van der Waals surface area (Å²) in [5.74, 6) is 0. The van der Waals surface area contributed by atoms with E-state index in [-0.39, 0.29) is 0 Å². The Kier molecular flexibility index (Phi) is 5.45. The number of aliphatic hydroxyl groups is 2. The van der Waals surface area contributed by atoms with Crippen molar-refractivity contribution in [2.45, 2.75) is 82.8 Å². The van der Waals surface area contributed by atoms with Gasteiger partial charge in [-0.3, -0.25) is 0 Å². The van der Waals surface area contributed by atoms with Crippen LogP contribution in [-0.2, 0) is 12.0 Å². The van der Waals surface area contributed by atoms with Gasteiger partial charge in [0.15, 0.2) is 0 Å². The van der Waals surface area contributed by atoms with Crippen LogP contribution >= 0.6 is 0 Å². The molecule has 0 saturated heterocycles. The van der Waals surface area contributed by atoms with Gasteiger partial charge in [-0.15, -0.1) is 0 Å². The molecule has 2 heteroatoms. The highest BCUT2D eigenvalue weighted by Gasteiger charge is 2.30. The predicted molar refractivity (Wildman–Crippen MR) is 87.3 cm³/mol. The summed E-state index contributed by atoms with van der Waals surface area (Å²) in [6.07, 6.45) is 8.59. The largest absolute Gasteiger partial charge is 0.390 e. The molecule has 0 bridgehead atoms. The lowest BCUT2D eigenvalue weighted by molar-refractivity contribution is -0.000682. The normalized spacial score (nSPS) is 18.7. The van der Waals surface area contributed by atoms with Crippen molar-refractivity contribution in [3.63, 3.8) is 0 Å². The Morgan fingerprint density at radius 1 is 1.00 bits per heavy atom. The third-order valence-corrected chi connectivity index (χ3v) is 5.37. The Hall–Kier alpha value is -0.860. The lowest BCUT2D eigenvalue weighted by Gasteiger charge is -2.32. The molecule has 1 aliphatic carbocycles. The summed E-state index contributed by atoms with van der Waals surface area (Å²) >= 11 is 0. The summed E-state index contributed by atoms with van der Waals surface area (Å²) in [7, 11) is 0. The molecular formula is C19H30O2. The molecule has 0 heterocycles. The first kappa shape index (κ1) is 16.5. The SMILES string of the molecule is CCC(O)(CC)CCc1ccc(C2(O)CCCCC2)cc1. The van der Waals surface area contributed by atoms with Crippen LogP contribution in [0, 0.1) is 0 Å².